The fraction of sp³-hybridized carbons (Fsp3) is 0.333. The number of aromatic nitrogens is 1. The summed E-state index contributed by atoms with van der Waals surface area (Å²) >= 11 is 1.20. The van der Waals surface area contributed by atoms with Gasteiger partial charge in [0.25, 0.3) is 0 Å². The molecule has 0 unspecified atom stereocenters. The number of nitrogens with two attached hydrogens (primary N) is 1. The van der Waals surface area contributed by atoms with Crippen LogP contribution < -0.4 is 16.4 Å². The van der Waals surface area contributed by atoms with Crippen molar-refractivity contribution in [3.05, 3.63) is 11.6 Å². The van der Waals surface area contributed by atoms with Crippen molar-refractivity contribution in [3.8, 4) is 0 Å². The van der Waals surface area contributed by atoms with E-state index in [-0.39, 0.29) is 12.8 Å². The third-order valence-corrected chi connectivity index (χ3v) is 2.62. The van der Waals surface area contributed by atoms with Gasteiger partial charge in [-0.05, 0) is 6.42 Å². The van der Waals surface area contributed by atoms with Gasteiger partial charge in [-0.25, -0.2) is 14.6 Å². The van der Waals surface area contributed by atoms with E-state index < -0.39 is 23.9 Å². The van der Waals surface area contributed by atoms with E-state index in [0.717, 1.165) is 0 Å². The number of nitrogens with one attached hydrogen (secondary N) is 2. The summed E-state index contributed by atoms with van der Waals surface area (Å²) in [6.07, 6.45) is 1.33. The molecule has 3 amide bonds. The van der Waals surface area contributed by atoms with Crippen LogP contribution in [0.3, 0.4) is 0 Å². The van der Waals surface area contributed by atoms with Crippen LogP contribution in [0.15, 0.2) is 11.6 Å². The summed E-state index contributed by atoms with van der Waals surface area (Å²) in [5.41, 5.74) is 4.91. The second-order valence-electron chi connectivity index (χ2n) is 3.33. The zero-order chi connectivity index (χ0) is 13.5. The van der Waals surface area contributed by atoms with Gasteiger partial charge < -0.3 is 16.2 Å². The quantitative estimate of drug-likeness (QED) is 0.577. The average Bonchev–Trinajstić information content (AvgIpc) is 2.76. The first-order valence-corrected chi connectivity index (χ1v) is 5.85. The molecule has 0 saturated heterocycles. The van der Waals surface area contributed by atoms with Gasteiger partial charge in [0.05, 0.1) is 0 Å². The van der Waals surface area contributed by atoms with E-state index in [1.165, 1.54) is 17.5 Å². The molecule has 1 heterocycles. The summed E-state index contributed by atoms with van der Waals surface area (Å²) in [6.45, 7) is 0. The molecule has 5 N–H and O–H groups in total. The summed E-state index contributed by atoms with van der Waals surface area (Å²) in [4.78, 5) is 36.6. The van der Waals surface area contributed by atoms with Crippen molar-refractivity contribution in [1.29, 1.82) is 0 Å². The van der Waals surface area contributed by atoms with Crippen molar-refractivity contribution < 1.29 is 19.5 Å². The topological polar surface area (TPSA) is 134 Å². The summed E-state index contributed by atoms with van der Waals surface area (Å²) < 4.78 is 0. The smallest absolute Gasteiger partial charge is 0.326 e. The van der Waals surface area contributed by atoms with Gasteiger partial charge in [0.2, 0.25) is 5.91 Å². The first-order valence-electron chi connectivity index (χ1n) is 4.97. The fourth-order valence-corrected chi connectivity index (χ4v) is 1.64. The molecule has 8 nitrogen and oxygen atoms in total. The molecule has 0 saturated carbocycles. The fourth-order valence-electron chi connectivity index (χ4n) is 1.12. The molecule has 0 radical (unpaired) electrons. The minimum Gasteiger partial charge on any atom is -0.480 e. The Labute approximate surface area is 106 Å². The van der Waals surface area contributed by atoms with Crippen LogP contribution in [0, 0.1) is 0 Å². The predicted octanol–water partition coefficient (Wildman–Crippen LogP) is -0.0167. The molecule has 0 aliphatic rings. The van der Waals surface area contributed by atoms with Gasteiger partial charge >= 0.3 is 12.0 Å². The van der Waals surface area contributed by atoms with E-state index in [1.807, 2.05) is 0 Å². The first kappa shape index (κ1) is 13.9. The second-order valence-corrected chi connectivity index (χ2v) is 4.23. The van der Waals surface area contributed by atoms with Crippen molar-refractivity contribution in [2.75, 3.05) is 5.32 Å². The summed E-state index contributed by atoms with van der Waals surface area (Å²) in [7, 11) is 0. The highest BCUT2D eigenvalue weighted by atomic mass is 32.1. The van der Waals surface area contributed by atoms with Crippen LogP contribution in [-0.2, 0) is 9.59 Å². The summed E-state index contributed by atoms with van der Waals surface area (Å²) in [5.74, 6) is -1.85. The number of primary amides is 1. The highest BCUT2D eigenvalue weighted by Gasteiger charge is 2.20. The maximum absolute atomic E-state index is 11.4. The predicted molar refractivity (Wildman–Crippen MR) is 64.1 cm³/mol. The van der Waals surface area contributed by atoms with Crippen molar-refractivity contribution in [2.45, 2.75) is 18.9 Å². The van der Waals surface area contributed by atoms with Crippen molar-refractivity contribution >= 4 is 34.4 Å². The molecule has 0 aromatic carbocycles. The number of aliphatic carboxylic acids is 1. The minimum atomic E-state index is -1.23. The Bertz CT molecular complexity index is 434. The Morgan fingerprint density at radius 1 is 1.50 bits per heavy atom. The van der Waals surface area contributed by atoms with Crippen LogP contribution in [0.4, 0.5) is 9.93 Å². The highest BCUT2D eigenvalue weighted by Crippen LogP contribution is 2.09. The van der Waals surface area contributed by atoms with Gasteiger partial charge in [0.1, 0.15) is 6.04 Å². The molecule has 1 rings (SSSR count). The van der Waals surface area contributed by atoms with Crippen LogP contribution in [0.1, 0.15) is 12.8 Å². The van der Waals surface area contributed by atoms with E-state index in [9.17, 15) is 14.4 Å². The molecule has 98 valence electrons. The molecule has 0 fully saturated rings. The van der Waals surface area contributed by atoms with E-state index in [1.54, 1.807) is 5.38 Å². The van der Waals surface area contributed by atoms with E-state index in [4.69, 9.17) is 10.8 Å². The Morgan fingerprint density at radius 3 is 2.72 bits per heavy atom. The van der Waals surface area contributed by atoms with E-state index in [0.29, 0.717) is 5.13 Å². The molecule has 1 atom stereocenters. The van der Waals surface area contributed by atoms with Crippen LogP contribution >= 0.6 is 11.3 Å². The third-order valence-electron chi connectivity index (χ3n) is 1.94. The monoisotopic (exact) mass is 272 g/mol. The number of carbonyl (C=O) groups excluding carboxylic acids is 2. The molecule has 1 aromatic heterocycles. The Hall–Kier alpha value is -2.16. The minimum absolute atomic E-state index is 0.0596. The average molecular weight is 272 g/mol. The normalized spacial score (nSPS) is 11.6. The number of nitrogens with zero attached hydrogens (tertiary/aromatic N) is 1. The lowest BCUT2D eigenvalue weighted by Crippen LogP contribution is -2.43. The molecular weight excluding hydrogens is 260 g/mol. The zero-order valence-corrected chi connectivity index (χ0v) is 10.1. The molecule has 0 bridgehead atoms. The van der Waals surface area contributed by atoms with E-state index >= 15 is 0 Å². The van der Waals surface area contributed by atoms with Crippen LogP contribution in [0.25, 0.3) is 0 Å². The standard InChI is InChI=1S/C9H12N4O4S/c10-6(14)2-1-5(7(15)16)12-8(17)13-9-11-3-4-18-9/h3-5H,1-2H2,(H2,10,14)(H,15,16)(H2,11,12,13,17)/t5-/m1/s1. The van der Waals surface area contributed by atoms with Gasteiger partial charge in [0, 0.05) is 18.0 Å². The lowest BCUT2D eigenvalue weighted by atomic mass is 10.1. The molecule has 9 heteroatoms. The highest BCUT2D eigenvalue weighted by molar-refractivity contribution is 7.13. The van der Waals surface area contributed by atoms with Crippen LogP contribution in [0.5, 0.6) is 0 Å². The molecule has 0 spiro atoms. The lowest BCUT2D eigenvalue weighted by Gasteiger charge is -2.13. The van der Waals surface area contributed by atoms with E-state index in [2.05, 4.69) is 15.6 Å². The zero-order valence-electron chi connectivity index (χ0n) is 9.25. The first-order chi connectivity index (χ1) is 8.49. The number of rotatable bonds is 6. The number of hydrogen-bond acceptors (Lipinski definition) is 5. The van der Waals surface area contributed by atoms with Crippen LogP contribution in [-0.4, -0.2) is 34.0 Å². The lowest BCUT2D eigenvalue weighted by molar-refractivity contribution is -0.139. The number of amides is 3. The summed E-state index contributed by atoms with van der Waals surface area (Å²) in [5, 5.41) is 15.5. The summed E-state index contributed by atoms with van der Waals surface area (Å²) in [6, 6.07) is -1.86. The van der Waals surface area contributed by atoms with Gasteiger partial charge in [0.15, 0.2) is 5.13 Å². The number of carbonyl (C=O) groups is 3. The molecule has 18 heavy (non-hydrogen) atoms. The largest absolute Gasteiger partial charge is 0.480 e. The van der Waals surface area contributed by atoms with Gasteiger partial charge in [-0.3, -0.25) is 10.1 Å². The van der Waals surface area contributed by atoms with Crippen LogP contribution in [0.2, 0.25) is 0 Å². The number of thiazole rings is 1. The number of carboxylic acids is 1. The molecule has 1 aromatic rings. The molecular formula is C9H12N4O4S. The Morgan fingerprint density at radius 2 is 2.22 bits per heavy atom. The van der Waals surface area contributed by atoms with Gasteiger partial charge in [-0.2, -0.15) is 0 Å². The number of urea groups is 1. The number of anilines is 1. The maximum Gasteiger partial charge on any atom is 0.326 e. The molecule has 0 aliphatic heterocycles. The maximum atomic E-state index is 11.4. The number of carboxylic acid groups (broad SMARTS) is 1. The van der Waals surface area contributed by atoms with Gasteiger partial charge in [-0.15, -0.1) is 11.3 Å². The third kappa shape index (κ3) is 4.78. The number of hydrogen-bond donors (Lipinski definition) is 4. The molecule has 0 aliphatic carbocycles. The SMILES string of the molecule is NC(=O)CC[C@@H](NC(=O)Nc1nccs1)C(=O)O. The van der Waals surface area contributed by atoms with Gasteiger partial charge in [-0.1, -0.05) is 0 Å². The second kappa shape index (κ2) is 6.55. The van der Waals surface area contributed by atoms with Crippen molar-refractivity contribution in [2.24, 2.45) is 5.73 Å². The van der Waals surface area contributed by atoms with Crippen molar-refractivity contribution in [1.82, 2.24) is 10.3 Å². The Balaban J connectivity index is 2.47. The van der Waals surface area contributed by atoms with Crippen molar-refractivity contribution in [3.63, 3.8) is 0 Å². The Kier molecular flexibility index (Phi) is 5.06.